The standard InChI is InChI=1S/C21H22N2O3S2/c1-13(2)28-16-8-5-14(6-9-16)20(24)23-21-22-17(12-27-21)15-7-10-18(25-3)19(11-15)26-4/h5-13H,1-4H3,(H,22,23,24). The number of aromatic nitrogens is 1. The maximum Gasteiger partial charge on any atom is 0.257 e. The van der Waals surface area contributed by atoms with Gasteiger partial charge in [-0.1, -0.05) is 13.8 Å². The van der Waals surface area contributed by atoms with E-state index in [1.54, 1.807) is 26.0 Å². The van der Waals surface area contributed by atoms with Crippen molar-refractivity contribution in [1.29, 1.82) is 0 Å². The second-order valence-corrected chi connectivity index (χ2v) is 8.76. The van der Waals surface area contributed by atoms with Crippen LogP contribution in [0.1, 0.15) is 24.2 Å². The zero-order chi connectivity index (χ0) is 20.1. The predicted octanol–water partition coefficient (Wildman–Crippen LogP) is 5.58. The van der Waals surface area contributed by atoms with Gasteiger partial charge in [0.2, 0.25) is 0 Å². The Morgan fingerprint density at radius 3 is 2.43 bits per heavy atom. The van der Waals surface area contributed by atoms with Crippen LogP contribution in [0.2, 0.25) is 0 Å². The third-order valence-corrected chi connectivity index (χ3v) is 5.67. The second-order valence-electron chi connectivity index (χ2n) is 6.25. The minimum atomic E-state index is -0.172. The lowest BCUT2D eigenvalue weighted by atomic mass is 10.1. The number of methoxy groups -OCH3 is 2. The molecule has 0 fully saturated rings. The van der Waals surface area contributed by atoms with Crippen molar-refractivity contribution >= 4 is 34.1 Å². The first-order valence-electron chi connectivity index (χ1n) is 8.76. The molecular formula is C21H22N2O3S2. The fraction of sp³-hybridized carbons (Fsp3) is 0.238. The van der Waals surface area contributed by atoms with Crippen LogP contribution >= 0.6 is 23.1 Å². The van der Waals surface area contributed by atoms with E-state index in [0.29, 0.717) is 27.4 Å². The molecule has 1 heterocycles. The van der Waals surface area contributed by atoms with Gasteiger partial charge >= 0.3 is 0 Å². The lowest BCUT2D eigenvalue weighted by Gasteiger charge is -2.08. The number of ether oxygens (including phenoxy) is 2. The number of carbonyl (C=O) groups is 1. The Morgan fingerprint density at radius 1 is 1.07 bits per heavy atom. The normalized spacial score (nSPS) is 10.8. The largest absolute Gasteiger partial charge is 0.493 e. The van der Waals surface area contributed by atoms with Crippen molar-refractivity contribution in [3.63, 3.8) is 0 Å². The van der Waals surface area contributed by atoms with E-state index >= 15 is 0 Å². The van der Waals surface area contributed by atoms with Crippen molar-refractivity contribution in [3.05, 3.63) is 53.4 Å². The Balaban J connectivity index is 1.71. The monoisotopic (exact) mass is 414 g/mol. The van der Waals surface area contributed by atoms with E-state index in [1.807, 2.05) is 47.8 Å². The molecule has 3 aromatic rings. The first-order chi connectivity index (χ1) is 13.5. The molecule has 146 valence electrons. The summed E-state index contributed by atoms with van der Waals surface area (Å²) in [6, 6.07) is 13.2. The fourth-order valence-corrected chi connectivity index (χ4v) is 4.14. The number of anilines is 1. The summed E-state index contributed by atoms with van der Waals surface area (Å²) >= 11 is 3.15. The van der Waals surface area contributed by atoms with E-state index in [2.05, 4.69) is 24.1 Å². The highest BCUT2D eigenvalue weighted by molar-refractivity contribution is 7.99. The van der Waals surface area contributed by atoms with E-state index in [4.69, 9.17) is 9.47 Å². The van der Waals surface area contributed by atoms with Crippen LogP contribution in [0.25, 0.3) is 11.3 Å². The molecule has 2 aromatic carbocycles. The number of nitrogens with zero attached hydrogens (tertiary/aromatic N) is 1. The third-order valence-electron chi connectivity index (χ3n) is 3.89. The summed E-state index contributed by atoms with van der Waals surface area (Å²) in [5.41, 5.74) is 2.27. The van der Waals surface area contributed by atoms with Crippen molar-refractivity contribution in [1.82, 2.24) is 4.98 Å². The molecule has 0 atom stereocenters. The molecule has 0 spiro atoms. The molecule has 0 radical (unpaired) electrons. The number of hydrogen-bond acceptors (Lipinski definition) is 6. The lowest BCUT2D eigenvalue weighted by Crippen LogP contribution is -2.11. The highest BCUT2D eigenvalue weighted by Crippen LogP contribution is 2.33. The summed E-state index contributed by atoms with van der Waals surface area (Å²) < 4.78 is 10.6. The molecule has 1 aromatic heterocycles. The zero-order valence-corrected chi connectivity index (χ0v) is 17.8. The molecule has 0 bridgehead atoms. The molecule has 1 amide bonds. The van der Waals surface area contributed by atoms with Gasteiger partial charge in [0.1, 0.15) is 0 Å². The van der Waals surface area contributed by atoms with E-state index in [0.717, 1.165) is 16.2 Å². The Kier molecular flexibility index (Phi) is 6.59. The number of thiazole rings is 1. The molecule has 7 heteroatoms. The molecule has 0 unspecified atom stereocenters. The molecule has 5 nitrogen and oxygen atoms in total. The SMILES string of the molecule is COc1ccc(-c2csc(NC(=O)c3ccc(SC(C)C)cc3)n2)cc1OC. The third kappa shape index (κ3) is 4.85. The van der Waals surface area contributed by atoms with Gasteiger partial charge < -0.3 is 9.47 Å². The molecule has 1 N–H and O–H groups in total. The van der Waals surface area contributed by atoms with E-state index < -0.39 is 0 Å². The Hall–Kier alpha value is -2.51. The van der Waals surface area contributed by atoms with Crippen LogP contribution in [0.5, 0.6) is 11.5 Å². The van der Waals surface area contributed by atoms with E-state index in [1.165, 1.54) is 11.3 Å². The van der Waals surface area contributed by atoms with Crippen LogP contribution in [0.4, 0.5) is 5.13 Å². The van der Waals surface area contributed by atoms with Gasteiger partial charge in [0.15, 0.2) is 16.6 Å². The Morgan fingerprint density at radius 2 is 1.79 bits per heavy atom. The number of rotatable bonds is 7. The number of carbonyl (C=O) groups excluding carboxylic acids is 1. The summed E-state index contributed by atoms with van der Waals surface area (Å²) in [5.74, 6) is 1.13. The van der Waals surface area contributed by atoms with Gasteiger partial charge in [0, 0.05) is 26.7 Å². The number of thioether (sulfide) groups is 1. The van der Waals surface area contributed by atoms with Gasteiger partial charge in [-0.05, 0) is 42.5 Å². The summed E-state index contributed by atoms with van der Waals surface area (Å²) in [6.45, 7) is 4.29. The van der Waals surface area contributed by atoms with Gasteiger partial charge in [0.05, 0.1) is 19.9 Å². The number of amides is 1. The summed E-state index contributed by atoms with van der Waals surface area (Å²) in [4.78, 5) is 18.2. The Bertz CT molecular complexity index is 953. The molecule has 0 saturated heterocycles. The summed E-state index contributed by atoms with van der Waals surface area (Å²) in [7, 11) is 3.20. The average molecular weight is 415 g/mol. The smallest absolute Gasteiger partial charge is 0.257 e. The topological polar surface area (TPSA) is 60.5 Å². The van der Waals surface area contributed by atoms with E-state index in [-0.39, 0.29) is 5.91 Å². The van der Waals surface area contributed by atoms with Crippen molar-refractivity contribution < 1.29 is 14.3 Å². The van der Waals surface area contributed by atoms with Crippen LogP contribution in [0.15, 0.2) is 52.7 Å². The summed E-state index contributed by atoms with van der Waals surface area (Å²) in [5, 5.41) is 5.82. The van der Waals surface area contributed by atoms with Crippen LogP contribution < -0.4 is 14.8 Å². The van der Waals surface area contributed by atoms with Crippen molar-refractivity contribution in [2.75, 3.05) is 19.5 Å². The van der Waals surface area contributed by atoms with Crippen LogP contribution in [-0.4, -0.2) is 30.4 Å². The number of hydrogen-bond donors (Lipinski definition) is 1. The first kappa shape index (κ1) is 20.2. The number of nitrogens with one attached hydrogen (secondary N) is 1. The van der Waals surface area contributed by atoms with Crippen LogP contribution in [0, 0.1) is 0 Å². The quantitative estimate of drug-likeness (QED) is 0.511. The van der Waals surface area contributed by atoms with Crippen LogP contribution in [-0.2, 0) is 0 Å². The van der Waals surface area contributed by atoms with Gasteiger partial charge in [-0.2, -0.15) is 0 Å². The van der Waals surface area contributed by atoms with Gasteiger partial charge in [-0.25, -0.2) is 4.98 Å². The maximum absolute atomic E-state index is 12.5. The minimum absolute atomic E-state index is 0.172. The van der Waals surface area contributed by atoms with Crippen LogP contribution in [0.3, 0.4) is 0 Å². The van der Waals surface area contributed by atoms with Gasteiger partial charge in [0.25, 0.3) is 5.91 Å². The molecule has 3 rings (SSSR count). The molecule has 0 aliphatic heterocycles. The zero-order valence-electron chi connectivity index (χ0n) is 16.2. The Labute approximate surface area is 173 Å². The lowest BCUT2D eigenvalue weighted by molar-refractivity contribution is 0.102. The fourth-order valence-electron chi connectivity index (χ4n) is 2.59. The first-order valence-corrected chi connectivity index (χ1v) is 10.5. The minimum Gasteiger partial charge on any atom is -0.493 e. The maximum atomic E-state index is 12.5. The number of benzene rings is 2. The summed E-state index contributed by atoms with van der Waals surface area (Å²) in [6.07, 6.45) is 0. The average Bonchev–Trinajstić information content (AvgIpc) is 3.16. The molecule has 0 saturated carbocycles. The molecule has 0 aliphatic rings. The van der Waals surface area contributed by atoms with Gasteiger partial charge in [-0.3, -0.25) is 10.1 Å². The predicted molar refractivity (Wildman–Crippen MR) is 116 cm³/mol. The molecule has 28 heavy (non-hydrogen) atoms. The van der Waals surface area contributed by atoms with Crippen molar-refractivity contribution in [2.24, 2.45) is 0 Å². The van der Waals surface area contributed by atoms with Crippen molar-refractivity contribution in [3.8, 4) is 22.8 Å². The van der Waals surface area contributed by atoms with Gasteiger partial charge in [-0.15, -0.1) is 23.1 Å². The van der Waals surface area contributed by atoms with Crippen molar-refractivity contribution in [2.45, 2.75) is 24.0 Å². The highest BCUT2D eigenvalue weighted by Gasteiger charge is 2.12. The van der Waals surface area contributed by atoms with E-state index in [9.17, 15) is 4.79 Å². The second kappa shape index (κ2) is 9.12. The molecular weight excluding hydrogens is 392 g/mol. The highest BCUT2D eigenvalue weighted by atomic mass is 32.2. The molecule has 0 aliphatic carbocycles.